The number of carbonyl (C=O) groups is 3. The van der Waals surface area contributed by atoms with Gasteiger partial charge < -0.3 is 5.32 Å². The van der Waals surface area contributed by atoms with Crippen molar-refractivity contribution >= 4 is 17.8 Å². The van der Waals surface area contributed by atoms with Gasteiger partial charge in [-0.1, -0.05) is 42.5 Å². The molecule has 2 aromatic carbocycles. The molecule has 1 atom stereocenters. The number of urea groups is 1. The van der Waals surface area contributed by atoms with Gasteiger partial charge in [0.1, 0.15) is 11.4 Å². The monoisotopic (exact) mass is 412 g/mol. The van der Waals surface area contributed by atoms with Gasteiger partial charge in [0.05, 0.1) is 6.54 Å². The lowest BCUT2D eigenvalue weighted by Gasteiger charge is -2.22. The standard InChI is InChI=1S/C22H25FN4O3/c1-22(13-12-16-6-4-3-5-7-16)20(29)27(21(30)24-22)25-19(28)15-26(2)14-17-8-10-18(23)11-9-17/h3-11H,12-15H2,1-2H3,(H,24,30)(H,25,28)/t22-/m0/s1. The Bertz CT molecular complexity index is 920. The number of imide groups is 1. The van der Waals surface area contributed by atoms with Crippen molar-refractivity contribution in [2.45, 2.75) is 31.8 Å². The molecule has 2 N–H and O–H groups in total. The van der Waals surface area contributed by atoms with E-state index < -0.39 is 23.4 Å². The summed E-state index contributed by atoms with van der Waals surface area (Å²) in [5.41, 5.74) is 3.21. The number of hydrogen-bond acceptors (Lipinski definition) is 4. The highest BCUT2D eigenvalue weighted by molar-refractivity contribution is 6.07. The third-order valence-electron chi connectivity index (χ3n) is 5.03. The van der Waals surface area contributed by atoms with E-state index in [2.05, 4.69) is 10.7 Å². The number of likely N-dealkylation sites (N-methyl/N-ethyl adjacent to an activating group) is 1. The van der Waals surface area contributed by atoms with Gasteiger partial charge in [0.25, 0.3) is 11.8 Å². The highest BCUT2D eigenvalue weighted by atomic mass is 19.1. The van der Waals surface area contributed by atoms with Gasteiger partial charge in [0, 0.05) is 6.54 Å². The fourth-order valence-corrected chi connectivity index (χ4v) is 3.36. The minimum absolute atomic E-state index is 0.0326. The predicted octanol–water partition coefficient (Wildman–Crippen LogP) is 2.23. The summed E-state index contributed by atoms with van der Waals surface area (Å²) in [5.74, 6) is -1.30. The summed E-state index contributed by atoms with van der Waals surface area (Å²) >= 11 is 0. The minimum atomic E-state index is -1.08. The Morgan fingerprint density at radius 3 is 2.43 bits per heavy atom. The van der Waals surface area contributed by atoms with E-state index in [0.29, 0.717) is 19.4 Å². The van der Waals surface area contributed by atoms with Crippen LogP contribution in [-0.4, -0.2) is 46.9 Å². The SMILES string of the molecule is CN(CC(=O)NN1C(=O)N[C@@](C)(CCc2ccccc2)C1=O)Cc1ccc(F)cc1. The van der Waals surface area contributed by atoms with Crippen molar-refractivity contribution in [3.8, 4) is 0 Å². The van der Waals surface area contributed by atoms with Crippen LogP contribution in [0.5, 0.6) is 0 Å². The Hall–Kier alpha value is -3.26. The van der Waals surface area contributed by atoms with Crippen LogP contribution in [0.2, 0.25) is 0 Å². The van der Waals surface area contributed by atoms with Crippen LogP contribution in [0.15, 0.2) is 54.6 Å². The van der Waals surface area contributed by atoms with Crippen molar-refractivity contribution in [3.63, 3.8) is 0 Å². The molecule has 0 spiro atoms. The number of aryl methyl sites for hydroxylation is 1. The molecule has 2 aromatic rings. The highest BCUT2D eigenvalue weighted by Crippen LogP contribution is 2.22. The van der Waals surface area contributed by atoms with Crippen molar-refractivity contribution in [1.29, 1.82) is 0 Å². The van der Waals surface area contributed by atoms with Crippen molar-refractivity contribution in [3.05, 3.63) is 71.5 Å². The summed E-state index contributed by atoms with van der Waals surface area (Å²) in [7, 11) is 1.72. The number of benzene rings is 2. The molecule has 7 nitrogen and oxygen atoms in total. The molecule has 1 saturated heterocycles. The molecule has 30 heavy (non-hydrogen) atoms. The van der Waals surface area contributed by atoms with Crippen LogP contribution in [0.4, 0.5) is 9.18 Å². The zero-order valence-electron chi connectivity index (χ0n) is 17.0. The van der Waals surface area contributed by atoms with Crippen LogP contribution in [0, 0.1) is 5.82 Å². The molecule has 0 saturated carbocycles. The van der Waals surface area contributed by atoms with Crippen LogP contribution in [0.3, 0.4) is 0 Å². The summed E-state index contributed by atoms with van der Waals surface area (Å²) in [6, 6.07) is 15.0. The van der Waals surface area contributed by atoms with Gasteiger partial charge in [-0.25, -0.2) is 9.18 Å². The maximum Gasteiger partial charge on any atom is 0.344 e. The van der Waals surface area contributed by atoms with Crippen molar-refractivity contribution in [2.24, 2.45) is 0 Å². The molecule has 1 fully saturated rings. The van der Waals surface area contributed by atoms with Gasteiger partial charge in [-0.3, -0.25) is 19.9 Å². The Kier molecular flexibility index (Phi) is 6.47. The zero-order chi connectivity index (χ0) is 21.7. The lowest BCUT2D eigenvalue weighted by atomic mass is 9.93. The van der Waals surface area contributed by atoms with E-state index in [0.717, 1.165) is 16.1 Å². The van der Waals surface area contributed by atoms with E-state index in [9.17, 15) is 18.8 Å². The van der Waals surface area contributed by atoms with Gasteiger partial charge in [-0.15, -0.1) is 0 Å². The Morgan fingerprint density at radius 1 is 1.10 bits per heavy atom. The van der Waals surface area contributed by atoms with E-state index in [1.54, 1.807) is 31.0 Å². The van der Waals surface area contributed by atoms with Gasteiger partial charge >= 0.3 is 6.03 Å². The lowest BCUT2D eigenvalue weighted by molar-refractivity contribution is -0.139. The normalized spacial score (nSPS) is 18.6. The summed E-state index contributed by atoms with van der Waals surface area (Å²) in [6.07, 6.45) is 1.03. The quantitative estimate of drug-likeness (QED) is 0.652. The minimum Gasteiger partial charge on any atom is -0.322 e. The zero-order valence-corrected chi connectivity index (χ0v) is 17.0. The van der Waals surface area contributed by atoms with Gasteiger partial charge in [0.2, 0.25) is 0 Å². The summed E-state index contributed by atoms with van der Waals surface area (Å²) < 4.78 is 13.0. The fraction of sp³-hybridized carbons (Fsp3) is 0.318. The van der Waals surface area contributed by atoms with E-state index >= 15 is 0 Å². The molecule has 8 heteroatoms. The second-order valence-corrected chi connectivity index (χ2v) is 7.72. The maximum absolute atomic E-state index is 13.0. The first kappa shape index (κ1) is 21.4. The molecule has 1 aliphatic rings. The number of nitrogens with one attached hydrogen (secondary N) is 2. The van der Waals surface area contributed by atoms with E-state index in [4.69, 9.17) is 0 Å². The number of halogens is 1. The van der Waals surface area contributed by atoms with Gasteiger partial charge in [-0.2, -0.15) is 5.01 Å². The largest absolute Gasteiger partial charge is 0.344 e. The second-order valence-electron chi connectivity index (χ2n) is 7.72. The first-order valence-electron chi connectivity index (χ1n) is 9.70. The molecular formula is C22H25FN4O3. The van der Waals surface area contributed by atoms with Crippen molar-refractivity contribution in [2.75, 3.05) is 13.6 Å². The molecule has 0 bridgehead atoms. The smallest absolute Gasteiger partial charge is 0.322 e. The number of nitrogens with zero attached hydrogens (tertiary/aromatic N) is 2. The van der Waals surface area contributed by atoms with Crippen LogP contribution in [-0.2, 0) is 22.6 Å². The molecule has 0 unspecified atom stereocenters. The lowest BCUT2D eigenvalue weighted by Crippen LogP contribution is -2.51. The molecular weight excluding hydrogens is 387 g/mol. The Morgan fingerprint density at radius 2 is 1.77 bits per heavy atom. The summed E-state index contributed by atoms with van der Waals surface area (Å²) in [4.78, 5) is 39.1. The average molecular weight is 412 g/mol. The molecule has 1 heterocycles. The molecule has 158 valence electrons. The highest BCUT2D eigenvalue weighted by Gasteiger charge is 2.48. The molecule has 0 aromatic heterocycles. The third-order valence-corrected chi connectivity index (χ3v) is 5.03. The van der Waals surface area contributed by atoms with Gasteiger partial charge in [-0.05, 0) is 50.1 Å². The van der Waals surface area contributed by atoms with E-state index in [-0.39, 0.29) is 12.4 Å². The van der Waals surface area contributed by atoms with E-state index in [1.165, 1.54) is 12.1 Å². The number of hydrazine groups is 1. The van der Waals surface area contributed by atoms with Crippen LogP contribution in [0.1, 0.15) is 24.5 Å². The molecule has 1 aliphatic heterocycles. The molecule has 0 aliphatic carbocycles. The van der Waals surface area contributed by atoms with Gasteiger partial charge in [0.15, 0.2) is 0 Å². The third kappa shape index (κ3) is 5.21. The number of rotatable bonds is 8. The molecule has 4 amide bonds. The first-order valence-corrected chi connectivity index (χ1v) is 9.70. The summed E-state index contributed by atoms with van der Waals surface area (Å²) in [6.45, 7) is 2.04. The average Bonchev–Trinajstić information content (AvgIpc) is 2.92. The second kappa shape index (κ2) is 9.04. The fourth-order valence-electron chi connectivity index (χ4n) is 3.36. The maximum atomic E-state index is 13.0. The molecule has 3 rings (SSSR count). The Labute approximate surface area is 174 Å². The van der Waals surface area contributed by atoms with Crippen LogP contribution < -0.4 is 10.7 Å². The number of hydrogen-bond donors (Lipinski definition) is 2. The summed E-state index contributed by atoms with van der Waals surface area (Å²) in [5, 5.41) is 3.43. The van der Waals surface area contributed by atoms with E-state index in [1.807, 2.05) is 30.3 Å². The number of carbonyl (C=O) groups excluding carboxylic acids is 3. The number of amides is 4. The predicted molar refractivity (Wildman–Crippen MR) is 109 cm³/mol. The molecule has 0 radical (unpaired) electrons. The van der Waals surface area contributed by atoms with Crippen LogP contribution >= 0.6 is 0 Å². The van der Waals surface area contributed by atoms with Crippen molar-refractivity contribution in [1.82, 2.24) is 20.7 Å². The first-order chi connectivity index (χ1) is 14.3. The topological polar surface area (TPSA) is 81.8 Å². The van der Waals surface area contributed by atoms with Crippen LogP contribution in [0.25, 0.3) is 0 Å². The van der Waals surface area contributed by atoms with Crippen molar-refractivity contribution < 1.29 is 18.8 Å². The Balaban J connectivity index is 1.53.